The van der Waals surface area contributed by atoms with E-state index in [2.05, 4.69) is 46.4 Å². The Hall–Kier alpha value is -0.730. The largest absolute Gasteiger partial charge is 0.331 e. The molecule has 1 aliphatic rings. The molecule has 0 aromatic rings. The monoisotopic (exact) mass is 254 g/mol. The van der Waals surface area contributed by atoms with E-state index in [9.17, 15) is 4.79 Å². The van der Waals surface area contributed by atoms with Crippen molar-refractivity contribution >= 4 is 6.03 Å². The Morgan fingerprint density at radius 2 is 1.56 bits per heavy atom. The van der Waals surface area contributed by atoms with Crippen molar-refractivity contribution in [1.29, 1.82) is 0 Å². The summed E-state index contributed by atoms with van der Waals surface area (Å²) < 4.78 is 0. The second kappa shape index (κ2) is 4.75. The maximum atomic E-state index is 12.3. The van der Waals surface area contributed by atoms with Crippen molar-refractivity contribution in [2.24, 2.45) is 16.7 Å². The van der Waals surface area contributed by atoms with Crippen LogP contribution < -0.4 is 0 Å². The highest BCUT2D eigenvalue weighted by Gasteiger charge is 2.48. The van der Waals surface area contributed by atoms with E-state index in [0.717, 1.165) is 13.0 Å². The lowest BCUT2D eigenvalue weighted by Gasteiger charge is -2.43. The fourth-order valence-electron chi connectivity index (χ4n) is 3.24. The summed E-state index contributed by atoms with van der Waals surface area (Å²) in [7, 11) is 3.68. The summed E-state index contributed by atoms with van der Waals surface area (Å²) in [6.45, 7) is 14.5. The van der Waals surface area contributed by atoms with E-state index in [-0.39, 0.29) is 16.9 Å². The molecule has 0 aliphatic carbocycles. The Morgan fingerprint density at radius 3 is 1.89 bits per heavy atom. The molecule has 0 aromatic carbocycles. The van der Waals surface area contributed by atoms with Crippen molar-refractivity contribution in [3.8, 4) is 0 Å². The number of amides is 2. The molecule has 2 atom stereocenters. The van der Waals surface area contributed by atoms with Crippen LogP contribution >= 0.6 is 0 Å². The average Bonchev–Trinajstić information content (AvgIpc) is 2.58. The fourth-order valence-corrected chi connectivity index (χ4v) is 3.24. The van der Waals surface area contributed by atoms with Crippen LogP contribution in [0.3, 0.4) is 0 Å². The lowest BCUT2D eigenvalue weighted by atomic mass is 9.69. The van der Waals surface area contributed by atoms with Crippen molar-refractivity contribution in [3.63, 3.8) is 0 Å². The number of hydrogen-bond donors (Lipinski definition) is 0. The molecule has 0 spiro atoms. The van der Waals surface area contributed by atoms with Crippen LogP contribution in [0.25, 0.3) is 0 Å². The standard InChI is InChI=1S/C15H30N2O/c1-14(2,3)11-9-10-17(13(18)16(7)8)12(11)15(4,5)6/h11-12H,9-10H2,1-8H3. The van der Waals surface area contributed by atoms with Crippen LogP contribution in [0.15, 0.2) is 0 Å². The third kappa shape index (κ3) is 2.99. The van der Waals surface area contributed by atoms with Gasteiger partial charge in [0.05, 0.1) is 0 Å². The highest BCUT2D eigenvalue weighted by molar-refractivity contribution is 5.74. The summed E-state index contributed by atoms with van der Waals surface area (Å²) in [6, 6.07) is 0.481. The molecular weight excluding hydrogens is 224 g/mol. The van der Waals surface area contributed by atoms with E-state index in [1.54, 1.807) is 4.90 Å². The van der Waals surface area contributed by atoms with Gasteiger partial charge in [-0.25, -0.2) is 4.79 Å². The highest BCUT2D eigenvalue weighted by Crippen LogP contribution is 2.45. The van der Waals surface area contributed by atoms with Crippen LogP contribution in [-0.4, -0.2) is 42.5 Å². The van der Waals surface area contributed by atoms with E-state index in [1.165, 1.54) is 0 Å². The second-order valence-corrected chi connectivity index (χ2v) is 7.94. The van der Waals surface area contributed by atoms with Gasteiger partial charge in [-0.15, -0.1) is 0 Å². The van der Waals surface area contributed by atoms with Crippen LogP contribution in [0.4, 0.5) is 4.79 Å². The van der Waals surface area contributed by atoms with Gasteiger partial charge in [-0.3, -0.25) is 0 Å². The second-order valence-electron chi connectivity index (χ2n) is 7.94. The molecule has 1 rings (SSSR count). The van der Waals surface area contributed by atoms with E-state index in [0.29, 0.717) is 12.0 Å². The first-order chi connectivity index (χ1) is 7.96. The molecule has 18 heavy (non-hydrogen) atoms. The summed E-state index contributed by atoms with van der Waals surface area (Å²) in [5, 5.41) is 0. The quantitative estimate of drug-likeness (QED) is 0.649. The van der Waals surface area contributed by atoms with Gasteiger partial charge in [0, 0.05) is 26.7 Å². The number of carbonyl (C=O) groups is 1. The molecule has 0 N–H and O–H groups in total. The Labute approximate surface area is 113 Å². The van der Waals surface area contributed by atoms with Crippen molar-refractivity contribution in [2.75, 3.05) is 20.6 Å². The van der Waals surface area contributed by atoms with Gasteiger partial charge in [-0.05, 0) is 23.2 Å². The first-order valence-electron chi connectivity index (χ1n) is 6.94. The number of rotatable bonds is 0. The number of carbonyl (C=O) groups excluding carboxylic acids is 1. The van der Waals surface area contributed by atoms with Crippen molar-refractivity contribution < 1.29 is 4.79 Å². The summed E-state index contributed by atoms with van der Waals surface area (Å²) in [6.07, 6.45) is 1.12. The van der Waals surface area contributed by atoms with Gasteiger partial charge in [0.1, 0.15) is 0 Å². The van der Waals surface area contributed by atoms with E-state index >= 15 is 0 Å². The summed E-state index contributed by atoms with van der Waals surface area (Å²) in [5.41, 5.74) is 0.374. The molecule has 0 radical (unpaired) electrons. The van der Waals surface area contributed by atoms with Gasteiger partial charge in [-0.2, -0.15) is 0 Å². The van der Waals surface area contributed by atoms with Gasteiger partial charge in [-0.1, -0.05) is 41.5 Å². The minimum atomic E-state index is 0.125. The topological polar surface area (TPSA) is 23.6 Å². The van der Waals surface area contributed by atoms with Gasteiger partial charge in [0.25, 0.3) is 0 Å². The van der Waals surface area contributed by atoms with Crippen molar-refractivity contribution in [3.05, 3.63) is 0 Å². The predicted molar refractivity (Wildman–Crippen MR) is 76.6 cm³/mol. The molecule has 1 fully saturated rings. The first kappa shape index (κ1) is 15.3. The molecule has 106 valence electrons. The molecule has 2 unspecified atom stereocenters. The smallest absolute Gasteiger partial charge is 0.319 e. The van der Waals surface area contributed by atoms with Gasteiger partial charge in [0.15, 0.2) is 0 Å². The Balaban J connectivity index is 3.06. The van der Waals surface area contributed by atoms with E-state index in [4.69, 9.17) is 0 Å². The zero-order chi connectivity index (χ0) is 14.3. The number of urea groups is 1. The van der Waals surface area contributed by atoms with Crippen molar-refractivity contribution in [1.82, 2.24) is 9.80 Å². The van der Waals surface area contributed by atoms with Crippen molar-refractivity contribution in [2.45, 2.75) is 54.0 Å². The molecule has 0 saturated carbocycles. The zero-order valence-electron chi connectivity index (χ0n) is 13.4. The minimum Gasteiger partial charge on any atom is -0.331 e. The average molecular weight is 254 g/mol. The molecule has 0 bridgehead atoms. The number of hydrogen-bond acceptors (Lipinski definition) is 1. The normalized spacial score (nSPS) is 25.4. The molecule has 1 aliphatic heterocycles. The lowest BCUT2D eigenvalue weighted by molar-refractivity contribution is 0.0725. The summed E-state index contributed by atoms with van der Waals surface area (Å²) in [4.78, 5) is 16.1. The molecule has 1 saturated heterocycles. The number of likely N-dealkylation sites (tertiary alicyclic amines) is 1. The van der Waals surface area contributed by atoms with Crippen LogP contribution in [0, 0.1) is 16.7 Å². The van der Waals surface area contributed by atoms with Crippen LogP contribution in [0.1, 0.15) is 48.0 Å². The highest BCUT2D eigenvalue weighted by atomic mass is 16.2. The van der Waals surface area contributed by atoms with Gasteiger partial charge in [0.2, 0.25) is 0 Å². The fraction of sp³-hybridized carbons (Fsp3) is 0.933. The van der Waals surface area contributed by atoms with Gasteiger partial charge >= 0.3 is 6.03 Å². The maximum Gasteiger partial charge on any atom is 0.319 e. The Bertz CT molecular complexity index is 309. The summed E-state index contributed by atoms with van der Waals surface area (Å²) >= 11 is 0. The SMILES string of the molecule is CN(C)C(=O)N1CCC(C(C)(C)C)C1C(C)(C)C. The third-order valence-corrected chi connectivity index (χ3v) is 4.03. The molecule has 0 aromatic heterocycles. The Kier molecular flexibility index (Phi) is 4.04. The third-order valence-electron chi connectivity index (χ3n) is 4.03. The van der Waals surface area contributed by atoms with E-state index in [1.807, 2.05) is 14.1 Å². The zero-order valence-corrected chi connectivity index (χ0v) is 13.4. The molecule has 1 heterocycles. The van der Waals surface area contributed by atoms with Crippen LogP contribution in [0.5, 0.6) is 0 Å². The maximum absolute atomic E-state index is 12.3. The summed E-state index contributed by atoms with van der Waals surface area (Å²) in [5.74, 6) is 0.571. The molecular formula is C15H30N2O. The van der Waals surface area contributed by atoms with Crippen LogP contribution in [0.2, 0.25) is 0 Å². The molecule has 2 amide bonds. The van der Waals surface area contributed by atoms with E-state index < -0.39 is 0 Å². The predicted octanol–water partition coefficient (Wildman–Crippen LogP) is 3.45. The molecule has 3 nitrogen and oxygen atoms in total. The van der Waals surface area contributed by atoms with Crippen LogP contribution in [-0.2, 0) is 0 Å². The Morgan fingerprint density at radius 1 is 1.06 bits per heavy atom. The van der Waals surface area contributed by atoms with Gasteiger partial charge < -0.3 is 9.80 Å². The first-order valence-corrected chi connectivity index (χ1v) is 6.94. The number of nitrogens with zero attached hydrogens (tertiary/aromatic N) is 2. The molecule has 3 heteroatoms. The minimum absolute atomic E-state index is 0.125. The lowest BCUT2D eigenvalue weighted by Crippen LogP contribution is -2.51.